The molecule has 2 aromatic carbocycles. The fourth-order valence-corrected chi connectivity index (χ4v) is 3.37. The first-order chi connectivity index (χ1) is 12.5. The smallest absolute Gasteiger partial charge is 0.255 e. The van der Waals surface area contributed by atoms with E-state index >= 15 is 0 Å². The van der Waals surface area contributed by atoms with Crippen molar-refractivity contribution >= 4 is 22.6 Å². The maximum atomic E-state index is 13.9. The SMILES string of the molecule is CC[C@@H]1C(F)C(=O)N[C@@H]1COc1cccc2cc(C(N)=O)c(OC)cc12. The van der Waals surface area contributed by atoms with Crippen molar-refractivity contribution in [3.63, 3.8) is 0 Å². The van der Waals surface area contributed by atoms with Crippen LogP contribution in [0.25, 0.3) is 10.8 Å². The van der Waals surface area contributed by atoms with Crippen LogP contribution in [0, 0.1) is 5.92 Å². The first-order valence-corrected chi connectivity index (χ1v) is 8.44. The Labute approximate surface area is 150 Å². The molecule has 7 heteroatoms. The van der Waals surface area contributed by atoms with Gasteiger partial charge in [-0.05, 0) is 30.0 Å². The number of carbonyl (C=O) groups is 2. The number of fused-ring (bicyclic) bond motifs is 1. The number of benzene rings is 2. The van der Waals surface area contributed by atoms with Crippen LogP contribution in [0.15, 0.2) is 30.3 Å². The monoisotopic (exact) mass is 360 g/mol. The van der Waals surface area contributed by atoms with Gasteiger partial charge in [-0.25, -0.2) is 4.39 Å². The van der Waals surface area contributed by atoms with E-state index in [1.807, 2.05) is 13.0 Å². The minimum Gasteiger partial charge on any atom is -0.496 e. The van der Waals surface area contributed by atoms with Crippen molar-refractivity contribution in [3.05, 3.63) is 35.9 Å². The Morgan fingerprint density at radius 2 is 2.08 bits per heavy atom. The van der Waals surface area contributed by atoms with Crippen LogP contribution in [0.2, 0.25) is 0 Å². The Morgan fingerprint density at radius 3 is 2.73 bits per heavy atom. The van der Waals surface area contributed by atoms with E-state index in [-0.39, 0.29) is 18.2 Å². The highest BCUT2D eigenvalue weighted by Crippen LogP contribution is 2.33. The van der Waals surface area contributed by atoms with Crippen molar-refractivity contribution in [2.75, 3.05) is 13.7 Å². The Hall–Kier alpha value is -2.83. The fraction of sp³-hybridized carbons (Fsp3) is 0.368. The summed E-state index contributed by atoms with van der Waals surface area (Å²) in [6.45, 7) is 2.00. The zero-order valence-corrected chi connectivity index (χ0v) is 14.6. The Kier molecular flexibility index (Phi) is 4.97. The third-order valence-corrected chi connectivity index (χ3v) is 4.79. The molecule has 0 bridgehead atoms. The summed E-state index contributed by atoms with van der Waals surface area (Å²) in [6.07, 6.45) is -0.960. The molecule has 3 rings (SSSR count). The lowest BCUT2D eigenvalue weighted by Crippen LogP contribution is -2.34. The molecule has 1 aliphatic rings. The molecule has 2 amide bonds. The summed E-state index contributed by atoms with van der Waals surface area (Å²) in [7, 11) is 1.46. The Morgan fingerprint density at radius 1 is 1.31 bits per heavy atom. The molecule has 0 saturated carbocycles. The molecule has 0 spiro atoms. The number of alkyl halides is 1. The predicted molar refractivity (Wildman–Crippen MR) is 95.1 cm³/mol. The second-order valence-corrected chi connectivity index (χ2v) is 6.29. The number of nitrogens with one attached hydrogen (secondary N) is 1. The van der Waals surface area contributed by atoms with Gasteiger partial charge in [-0.2, -0.15) is 0 Å². The Bertz CT molecular complexity index is 855. The minimum absolute atomic E-state index is 0.156. The highest BCUT2D eigenvalue weighted by atomic mass is 19.1. The van der Waals surface area contributed by atoms with Crippen LogP contribution in [0.5, 0.6) is 11.5 Å². The summed E-state index contributed by atoms with van der Waals surface area (Å²) in [5, 5.41) is 4.15. The maximum absolute atomic E-state index is 13.9. The van der Waals surface area contributed by atoms with Crippen molar-refractivity contribution in [2.45, 2.75) is 25.6 Å². The summed E-state index contributed by atoms with van der Waals surface area (Å²) in [5.41, 5.74) is 5.68. The van der Waals surface area contributed by atoms with Crippen molar-refractivity contribution in [1.82, 2.24) is 5.32 Å². The molecule has 3 atom stereocenters. The second-order valence-electron chi connectivity index (χ2n) is 6.29. The van der Waals surface area contributed by atoms with Gasteiger partial charge < -0.3 is 20.5 Å². The molecular weight excluding hydrogens is 339 g/mol. The van der Waals surface area contributed by atoms with Crippen LogP contribution < -0.4 is 20.5 Å². The summed E-state index contributed by atoms with van der Waals surface area (Å²) in [5.74, 6) is -0.665. The number of hydrogen-bond acceptors (Lipinski definition) is 4. The predicted octanol–water partition coefficient (Wildman–Crippen LogP) is 2.19. The number of halogens is 1. The van der Waals surface area contributed by atoms with Crippen LogP contribution in [-0.4, -0.2) is 37.7 Å². The lowest BCUT2D eigenvalue weighted by Gasteiger charge is -2.19. The maximum Gasteiger partial charge on any atom is 0.255 e. The van der Waals surface area contributed by atoms with E-state index in [0.29, 0.717) is 17.9 Å². The van der Waals surface area contributed by atoms with Gasteiger partial charge in [0.05, 0.1) is 18.7 Å². The van der Waals surface area contributed by atoms with E-state index in [9.17, 15) is 14.0 Å². The molecule has 0 aromatic heterocycles. The van der Waals surface area contributed by atoms with Crippen LogP contribution in [0.1, 0.15) is 23.7 Å². The minimum atomic E-state index is -1.50. The molecule has 1 heterocycles. The van der Waals surface area contributed by atoms with Gasteiger partial charge in [0.2, 0.25) is 0 Å². The number of methoxy groups -OCH3 is 1. The van der Waals surface area contributed by atoms with Gasteiger partial charge in [0.1, 0.15) is 18.1 Å². The number of primary amides is 1. The quantitative estimate of drug-likeness (QED) is 0.826. The average Bonchev–Trinajstić information content (AvgIpc) is 2.91. The molecule has 0 aliphatic carbocycles. The molecule has 1 unspecified atom stereocenters. The average molecular weight is 360 g/mol. The molecule has 1 fully saturated rings. The third-order valence-electron chi connectivity index (χ3n) is 4.79. The molecule has 6 nitrogen and oxygen atoms in total. The van der Waals surface area contributed by atoms with E-state index in [2.05, 4.69) is 5.32 Å². The highest BCUT2D eigenvalue weighted by Gasteiger charge is 2.41. The number of ether oxygens (including phenoxy) is 2. The van der Waals surface area contributed by atoms with Crippen LogP contribution in [0.4, 0.5) is 4.39 Å². The van der Waals surface area contributed by atoms with Gasteiger partial charge in [-0.1, -0.05) is 19.1 Å². The summed E-state index contributed by atoms with van der Waals surface area (Å²) in [6, 6.07) is 8.34. The lowest BCUT2D eigenvalue weighted by molar-refractivity contribution is -0.123. The van der Waals surface area contributed by atoms with Crippen molar-refractivity contribution in [2.24, 2.45) is 11.7 Å². The normalized spacial score (nSPS) is 22.3. The first-order valence-electron chi connectivity index (χ1n) is 8.44. The molecule has 1 aliphatic heterocycles. The molecule has 3 N–H and O–H groups in total. The first kappa shape index (κ1) is 18.0. The highest BCUT2D eigenvalue weighted by molar-refractivity contribution is 6.02. The number of carbonyl (C=O) groups excluding carboxylic acids is 2. The largest absolute Gasteiger partial charge is 0.496 e. The molecule has 2 aromatic rings. The molecule has 138 valence electrons. The standard InChI is InChI=1S/C19H21FN2O4/c1-3-11-14(22-19(24)17(11)20)9-26-15-6-4-5-10-7-13(18(21)23)16(25-2)8-12(10)15/h4-8,11,14,17H,3,9H2,1-2H3,(H2,21,23)(H,22,24)/t11-,14+,17?/m0/s1. The van der Waals surface area contributed by atoms with Gasteiger partial charge in [0.25, 0.3) is 11.8 Å². The van der Waals surface area contributed by atoms with Crippen LogP contribution in [0.3, 0.4) is 0 Å². The Balaban J connectivity index is 1.89. The lowest BCUT2D eigenvalue weighted by atomic mass is 9.97. The van der Waals surface area contributed by atoms with Gasteiger partial charge in [0.15, 0.2) is 6.17 Å². The van der Waals surface area contributed by atoms with Gasteiger partial charge >= 0.3 is 0 Å². The fourth-order valence-electron chi connectivity index (χ4n) is 3.37. The zero-order valence-electron chi connectivity index (χ0n) is 14.6. The van der Waals surface area contributed by atoms with Gasteiger partial charge in [-0.3, -0.25) is 9.59 Å². The molecule has 1 saturated heterocycles. The summed E-state index contributed by atoms with van der Waals surface area (Å²) < 4.78 is 25.0. The van der Waals surface area contributed by atoms with Gasteiger partial charge in [0, 0.05) is 11.3 Å². The molecular formula is C19H21FN2O4. The molecule has 26 heavy (non-hydrogen) atoms. The van der Waals surface area contributed by atoms with Crippen molar-refractivity contribution in [1.29, 1.82) is 0 Å². The number of hydrogen-bond donors (Lipinski definition) is 2. The topological polar surface area (TPSA) is 90.6 Å². The number of nitrogens with two attached hydrogens (primary N) is 1. The van der Waals surface area contributed by atoms with Crippen LogP contribution >= 0.6 is 0 Å². The van der Waals surface area contributed by atoms with E-state index in [0.717, 1.165) is 10.8 Å². The third kappa shape index (κ3) is 3.16. The van der Waals surface area contributed by atoms with Crippen molar-refractivity contribution < 1.29 is 23.5 Å². The van der Waals surface area contributed by atoms with Gasteiger partial charge in [-0.15, -0.1) is 0 Å². The van der Waals surface area contributed by atoms with Crippen molar-refractivity contribution in [3.8, 4) is 11.5 Å². The van der Waals surface area contributed by atoms with E-state index < -0.39 is 23.9 Å². The summed E-state index contributed by atoms with van der Waals surface area (Å²) >= 11 is 0. The zero-order chi connectivity index (χ0) is 18.8. The molecule has 0 radical (unpaired) electrons. The van der Waals surface area contributed by atoms with E-state index in [4.69, 9.17) is 15.2 Å². The van der Waals surface area contributed by atoms with E-state index in [1.54, 1.807) is 24.3 Å². The van der Waals surface area contributed by atoms with Crippen LogP contribution in [-0.2, 0) is 4.79 Å². The number of amides is 2. The number of rotatable bonds is 6. The second kappa shape index (κ2) is 7.19. The van der Waals surface area contributed by atoms with E-state index in [1.165, 1.54) is 7.11 Å². The summed E-state index contributed by atoms with van der Waals surface area (Å²) in [4.78, 5) is 23.1.